The van der Waals surface area contributed by atoms with Crippen LogP contribution in [-0.2, 0) is 16.0 Å². The molecular weight excluding hydrogens is 404 g/mol. The smallest absolute Gasteiger partial charge is 0.469 e. The Hall–Kier alpha value is -1.20. The van der Waals surface area contributed by atoms with E-state index < -0.39 is 36.5 Å². The van der Waals surface area contributed by atoms with Gasteiger partial charge in [0.25, 0.3) is 6.43 Å². The Morgan fingerprint density at radius 1 is 1.45 bits per heavy atom. The highest BCUT2D eigenvalue weighted by Gasteiger charge is 2.35. The number of hydrogen-bond donors (Lipinski definition) is 0. The molecule has 0 aromatic carbocycles. The van der Waals surface area contributed by atoms with Crippen LogP contribution in [0, 0.1) is 3.57 Å². The van der Waals surface area contributed by atoms with E-state index in [1.807, 2.05) is 0 Å². The lowest BCUT2D eigenvalue weighted by molar-refractivity contribution is -0.275. The molecule has 0 aliphatic rings. The van der Waals surface area contributed by atoms with Crippen LogP contribution in [-0.4, -0.2) is 24.4 Å². The van der Waals surface area contributed by atoms with Gasteiger partial charge in [0.1, 0.15) is 0 Å². The van der Waals surface area contributed by atoms with E-state index in [0.29, 0.717) is 6.20 Å². The first-order valence-electron chi connectivity index (χ1n) is 4.93. The minimum Gasteiger partial charge on any atom is -0.469 e. The summed E-state index contributed by atoms with van der Waals surface area (Å²) in [5, 5.41) is 0. The summed E-state index contributed by atoms with van der Waals surface area (Å²) in [5.41, 5.74) is -1.14. The van der Waals surface area contributed by atoms with Crippen LogP contribution >= 0.6 is 22.6 Å². The van der Waals surface area contributed by atoms with Gasteiger partial charge in [-0.25, -0.2) is 8.78 Å². The summed E-state index contributed by atoms with van der Waals surface area (Å²) in [4.78, 5) is 14.6. The Labute approximate surface area is 123 Å². The number of ether oxygens (including phenoxy) is 2. The first-order valence-corrected chi connectivity index (χ1v) is 6.01. The van der Waals surface area contributed by atoms with Gasteiger partial charge >= 0.3 is 12.3 Å². The fourth-order valence-corrected chi connectivity index (χ4v) is 1.98. The van der Waals surface area contributed by atoms with Gasteiger partial charge in [-0.05, 0) is 22.6 Å². The summed E-state index contributed by atoms with van der Waals surface area (Å²) >= 11 is 1.36. The van der Waals surface area contributed by atoms with Crippen LogP contribution in [0.15, 0.2) is 6.20 Å². The van der Waals surface area contributed by atoms with Crippen LogP contribution in [0.5, 0.6) is 5.75 Å². The molecule has 4 nitrogen and oxygen atoms in total. The number of carbonyl (C=O) groups is 1. The number of halogens is 6. The molecule has 0 amide bonds. The van der Waals surface area contributed by atoms with Crippen molar-refractivity contribution in [3.63, 3.8) is 0 Å². The first-order chi connectivity index (χ1) is 9.15. The highest BCUT2D eigenvalue weighted by molar-refractivity contribution is 14.1. The lowest BCUT2D eigenvalue weighted by atomic mass is 10.2. The van der Waals surface area contributed by atoms with Crippen molar-refractivity contribution in [2.24, 2.45) is 0 Å². The second kappa shape index (κ2) is 6.50. The van der Waals surface area contributed by atoms with Gasteiger partial charge in [0, 0.05) is 6.20 Å². The van der Waals surface area contributed by atoms with Crippen LogP contribution in [0.2, 0.25) is 0 Å². The van der Waals surface area contributed by atoms with Crippen molar-refractivity contribution in [3.05, 3.63) is 21.0 Å². The monoisotopic (exact) mass is 411 g/mol. The third-order valence-corrected chi connectivity index (χ3v) is 3.18. The average Bonchev–Trinajstić information content (AvgIpc) is 2.32. The normalized spacial score (nSPS) is 11.6. The molecule has 0 unspecified atom stereocenters. The summed E-state index contributed by atoms with van der Waals surface area (Å²) < 4.78 is 69.7. The zero-order chi connectivity index (χ0) is 15.5. The fraction of sp³-hybridized carbons (Fsp3) is 0.400. The Morgan fingerprint density at radius 2 is 2.05 bits per heavy atom. The van der Waals surface area contributed by atoms with E-state index >= 15 is 0 Å². The predicted octanol–water partition coefficient (Wildman–Crippen LogP) is 3.24. The average molecular weight is 411 g/mol. The van der Waals surface area contributed by atoms with E-state index in [9.17, 15) is 26.7 Å². The van der Waals surface area contributed by atoms with E-state index in [-0.39, 0.29) is 9.26 Å². The van der Waals surface area contributed by atoms with E-state index in [1.54, 1.807) is 0 Å². The standard InChI is InChI=1S/C10H7F5INO3/c1-19-6(18)2-5-7(16)8(20-10(13,14)15)4(3-17-5)9(11)12/h3,9H,2H2,1H3. The zero-order valence-corrected chi connectivity index (χ0v) is 12.0. The van der Waals surface area contributed by atoms with Gasteiger partial charge in [-0.1, -0.05) is 0 Å². The van der Waals surface area contributed by atoms with Gasteiger partial charge in [0.15, 0.2) is 5.75 Å². The molecule has 112 valence electrons. The van der Waals surface area contributed by atoms with E-state index in [0.717, 1.165) is 7.11 Å². The lowest BCUT2D eigenvalue weighted by Crippen LogP contribution is -2.20. The molecule has 0 bridgehead atoms. The van der Waals surface area contributed by atoms with Crippen molar-refractivity contribution < 1.29 is 36.2 Å². The first kappa shape index (κ1) is 16.9. The van der Waals surface area contributed by atoms with Gasteiger partial charge in [0.2, 0.25) is 0 Å². The van der Waals surface area contributed by atoms with Crippen LogP contribution in [0.4, 0.5) is 22.0 Å². The minimum absolute atomic E-state index is 0.138. The summed E-state index contributed by atoms with van der Waals surface area (Å²) in [6, 6.07) is 0. The maximum atomic E-state index is 12.7. The van der Waals surface area contributed by atoms with Crippen molar-refractivity contribution in [3.8, 4) is 5.75 Å². The number of esters is 1. The number of carbonyl (C=O) groups excluding carboxylic acids is 1. The molecule has 1 aromatic heterocycles. The molecule has 0 aliphatic heterocycles. The maximum Gasteiger partial charge on any atom is 0.573 e. The molecule has 10 heteroatoms. The SMILES string of the molecule is COC(=O)Cc1ncc(C(F)F)c(OC(F)(F)F)c1I. The van der Waals surface area contributed by atoms with E-state index in [4.69, 9.17) is 0 Å². The molecule has 0 N–H and O–H groups in total. The number of hydrogen-bond acceptors (Lipinski definition) is 4. The molecule has 0 saturated heterocycles. The Morgan fingerprint density at radius 3 is 2.50 bits per heavy atom. The van der Waals surface area contributed by atoms with Crippen molar-refractivity contribution in [2.75, 3.05) is 7.11 Å². The van der Waals surface area contributed by atoms with Gasteiger partial charge in [0.05, 0.1) is 28.4 Å². The van der Waals surface area contributed by atoms with E-state index in [2.05, 4.69) is 14.5 Å². The minimum atomic E-state index is -5.13. The Bertz CT molecular complexity index is 506. The Kier molecular flexibility index (Phi) is 5.48. The molecule has 0 atom stereocenters. The van der Waals surface area contributed by atoms with Crippen LogP contribution < -0.4 is 4.74 Å². The molecule has 1 aromatic rings. The maximum absolute atomic E-state index is 12.7. The molecule has 0 fully saturated rings. The molecule has 1 heterocycles. The lowest BCUT2D eigenvalue weighted by Gasteiger charge is -2.16. The molecule has 0 saturated carbocycles. The van der Waals surface area contributed by atoms with Gasteiger partial charge in [-0.3, -0.25) is 9.78 Å². The highest BCUT2D eigenvalue weighted by Crippen LogP contribution is 2.37. The second-order valence-electron chi connectivity index (χ2n) is 3.40. The third-order valence-electron chi connectivity index (χ3n) is 2.07. The summed E-state index contributed by atoms with van der Waals surface area (Å²) in [7, 11) is 1.08. The van der Waals surface area contributed by atoms with Gasteiger partial charge in [-0.2, -0.15) is 0 Å². The summed E-state index contributed by atoms with van der Waals surface area (Å²) in [6.07, 6.45) is -8.23. The number of aromatic nitrogens is 1. The predicted molar refractivity (Wildman–Crippen MR) is 64.3 cm³/mol. The van der Waals surface area contributed by atoms with Crippen molar-refractivity contribution in [1.82, 2.24) is 4.98 Å². The number of alkyl halides is 5. The summed E-state index contributed by atoms with van der Waals surface area (Å²) in [6.45, 7) is 0. The molecular formula is C10H7F5INO3. The van der Waals surface area contributed by atoms with Crippen LogP contribution in [0.1, 0.15) is 17.7 Å². The Balaban J connectivity index is 3.27. The van der Waals surface area contributed by atoms with Crippen LogP contribution in [0.3, 0.4) is 0 Å². The second-order valence-corrected chi connectivity index (χ2v) is 4.48. The molecule has 0 aliphatic carbocycles. The quantitative estimate of drug-likeness (QED) is 0.434. The number of rotatable bonds is 4. The zero-order valence-electron chi connectivity index (χ0n) is 9.80. The van der Waals surface area contributed by atoms with Gasteiger partial charge < -0.3 is 9.47 Å². The highest BCUT2D eigenvalue weighted by atomic mass is 127. The van der Waals surface area contributed by atoms with Crippen LogP contribution in [0.25, 0.3) is 0 Å². The van der Waals surface area contributed by atoms with Gasteiger partial charge in [-0.15, -0.1) is 13.2 Å². The fourth-order valence-electron chi connectivity index (χ4n) is 1.23. The van der Waals surface area contributed by atoms with Crippen molar-refractivity contribution >= 4 is 28.6 Å². The molecule has 0 radical (unpaired) electrons. The number of nitrogens with zero attached hydrogens (tertiary/aromatic N) is 1. The van der Waals surface area contributed by atoms with E-state index in [1.165, 1.54) is 22.6 Å². The molecule has 20 heavy (non-hydrogen) atoms. The molecule has 1 rings (SSSR count). The van der Waals surface area contributed by atoms with Crippen molar-refractivity contribution in [2.45, 2.75) is 19.2 Å². The number of methoxy groups -OCH3 is 1. The molecule has 0 spiro atoms. The topological polar surface area (TPSA) is 48.4 Å². The largest absolute Gasteiger partial charge is 0.573 e. The van der Waals surface area contributed by atoms with Crippen molar-refractivity contribution in [1.29, 1.82) is 0 Å². The number of pyridine rings is 1. The summed E-state index contributed by atoms with van der Waals surface area (Å²) in [5.74, 6) is -1.82. The third kappa shape index (κ3) is 4.42.